The molecule has 0 aromatic carbocycles. The molecular weight excluding hydrogens is 311 g/mol. The third-order valence-electron chi connectivity index (χ3n) is 4.05. The van der Waals surface area contributed by atoms with Crippen LogP contribution in [0.15, 0.2) is 11.5 Å². The fraction of sp³-hybridized carbons (Fsp3) is 0.824. The molecule has 7 heteroatoms. The van der Waals surface area contributed by atoms with Crippen molar-refractivity contribution in [3.63, 3.8) is 0 Å². The molecule has 0 aromatic rings. The lowest BCUT2D eigenvalue weighted by Gasteiger charge is -2.37. The van der Waals surface area contributed by atoms with Crippen LogP contribution in [0.3, 0.4) is 0 Å². The summed E-state index contributed by atoms with van der Waals surface area (Å²) in [5.74, 6) is -0.174. The Labute approximate surface area is 147 Å². The van der Waals surface area contributed by atoms with E-state index in [2.05, 4.69) is 4.89 Å². The predicted octanol–water partition coefficient (Wildman–Crippen LogP) is 3.02. The highest BCUT2D eigenvalue weighted by atomic mass is 17.1. The number of esters is 1. The van der Waals surface area contributed by atoms with Gasteiger partial charge in [0.15, 0.2) is 0 Å². The quantitative estimate of drug-likeness (QED) is 0.345. The number of carbonyl (C=O) groups excluding carboxylic acids is 1. The van der Waals surface area contributed by atoms with Gasteiger partial charge >= 0.3 is 13.5 Å². The van der Waals surface area contributed by atoms with E-state index < -0.39 is 11.2 Å². The summed E-state index contributed by atoms with van der Waals surface area (Å²) < 4.78 is 10.5. The minimum Gasteiger partial charge on any atom is -0.469 e. The monoisotopic (exact) mass is 345 g/mol. The number of allylic oxidation sites excluding steroid dienone is 2. The lowest BCUT2D eigenvalue weighted by Crippen LogP contribution is -2.48. The first-order valence-corrected chi connectivity index (χ1v) is 8.19. The summed E-state index contributed by atoms with van der Waals surface area (Å²) in [4.78, 5) is 14.8. The lowest BCUT2D eigenvalue weighted by molar-refractivity contribution is -0.214. The highest BCUT2D eigenvalue weighted by Gasteiger charge is 2.37. The van der Waals surface area contributed by atoms with Crippen molar-refractivity contribution in [3.8, 4) is 0 Å². The van der Waals surface area contributed by atoms with Gasteiger partial charge in [0.2, 0.25) is 0 Å². The fourth-order valence-corrected chi connectivity index (χ4v) is 1.87. The Bertz CT molecular complexity index is 387. The average Bonchev–Trinajstić information content (AvgIpc) is 2.87. The number of hydrogen-bond donors (Lipinski definition) is 2. The molecule has 0 aromatic heterocycles. The maximum atomic E-state index is 11.6. The van der Waals surface area contributed by atoms with Gasteiger partial charge in [-0.1, -0.05) is 32.3 Å². The van der Waals surface area contributed by atoms with E-state index in [0.717, 1.165) is 5.47 Å². The molecule has 0 saturated carbocycles. The van der Waals surface area contributed by atoms with E-state index in [1.807, 2.05) is 40.7 Å². The molecule has 24 heavy (non-hydrogen) atoms. The first kappa shape index (κ1) is 25.4. The number of ether oxygens (including phenoxy) is 1. The molecule has 0 heterocycles. The van der Waals surface area contributed by atoms with Crippen molar-refractivity contribution in [3.05, 3.63) is 11.5 Å². The fourth-order valence-electron chi connectivity index (χ4n) is 1.87. The Balaban J connectivity index is 0. The van der Waals surface area contributed by atoms with E-state index in [-0.39, 0.29) is 17.8 Å². The van der Waals surface area contributed by atoms with Gasteiger partial charge in [-0.15, -0.1) is 0 Å². The molecule has 1 aliphatic rings. The second-order valence-corrected chi connectivity index (χ2v) is 6.42. The van der Waals surface area contributed by atoms with Crippen molar-refractivity contribution < 1.29 is 29.4 Å². The average molecular weight is 345 g/mol. The highest BCUT2D eigenvalue weighted by molar-refractivity contribution is 6.38. The highest BCUT2D eigenvalue weighted by Crippen LogP contribution is 2.32. The second-order valence-electron chi connectivity index (χ2n) is 6.42. The summed E-state index contributed by atoms with van der Waals surface area (Å²) >= 11 is 0. The minimum atomic E-state index is -0.948. The molecule has 0 aliphatic heterocycles. The van der Waals surface area contributed by atoms with Crippen LogP contribution < -0.4 is 0 Å². The van der Waals surface area contributed by atoms with E-state index in [1.54, 1.807) is 21.3 Å². The molecule has 2 N–H and O–H groups in total. The van der Waals surface area contributed by atoms with Crippen LogP contribution in [0, 0.1) is 11.8 Å². The number of carbonyl (C=O) groups is 1. The topological polar surface area (TPSA) is 85.2 Å². The molecule has 1 rings (SSSR count). The summed E-state index contributed by atoms with van der Waals surface area (Å²) in [5.41, 5.74) is -0.670. The molecule has 0 bridgehead atoms. The Morgan fingerprint density at radius 3 is 2.08 bits per heavy atom. The van der Waals surface area contributed by atoms with Gasteiger partial charge in [0, 0.05) is 0 Å². The van der Waals surface area contributed by atoms with Gasteiger partial charge in [-0.2, -0.15) is 0 Å². The Morgan fingerprint density at radius 1 is 1.25 bits per heavy atom. The van der Waals surface area contributed by atoms with Crippen molar-refractivity contribution >= 4 is 13.5 Å². The Morgan fingerprint density at radius 2 is 1.71 bits per heavy atom. The molecule has 0 spiro atoms. The zero-order valence-corrected chi connectivity index (χ0v) is 16.5. The van der Waals surface area contributed by atoms with Crippen LogP contribution in [0.25, 0.3) is 0 Å². The molecule has 0 unspecified atom stereocenters. The largest absolute Gasteiger partial charge is 0.469 e. The third kappa shape index (κ3) is 8.28. The minimum absolute atomic E-state index is 0.134. The Kier molecular flexibility index (Phi) is 12.3. The molecule has 1 aliphatic carbocycles. The van der Waals surface area contributed by atoms with E-state index in [9.17, 15) is 9.90 Å². The number of methoxy groups -OCH3 is 1. The van der Waals surface area contributed by atoms with Crippen molar-refractivity contribution in [2.45, 2.75) is 66.1 Å². The smallest absolute Gasteiger partial charge is 0.326 e. The predicted molar refractivity (Wildman–Crippen MR) is 95.6 cm³/mol. The maximum absolute atomic E-state index is 11.6. The zero-order valence-electron chi connectivity index (χ0n) is 16.5. The van der Waals surface area contributed by atoms with Crippen molar-refractivity contribution in [2.24, 2.45) is 11.8 Å². The van der Waals surface area contributed by atoms with Gasteiger partial charge in [0.25, 0.3) is 0 Å². The molecule has 1 radical (unpaired) electrons. The van der Waals surface area contributed by atoms with Crippen LogP contribution in [-0.4, -0.2) is 49.2 Å². The van der Waals surface area contributed by atoms with E-state index >= 15 is 0 Å². The van der Waals surface area contributed by atoms with Crippen LogP contribution in [-0.2, 0) is 19.1 Å². The molecule has 2 atom stereocenters. The first-order chi connectivity index (χ1) is 11.0. The SMILES string of the molecule is CC.COC(=O)[C@@H]1CC([B]OC(C)(C)C(C)(C)O)=C[C@H]1C.COO. The molecular formula is C17H34BO6. The van der Waals surface area contributed by atoms with Gasteiger partial charge in [-0.25, -0.2) is 4.89 Å². The molecule has 141 valence electrons. The summed E-state index contributed by atoms with van der Waals surface area (Å²) in [5, 5.41) is 17.1. The van der Waals surface area contributed by atoms with Crippen LogP contribution >= 0.6 is 0 Å². The second kappa shape index (κ2) is 11.6. The lowest BCUT2D eigenvalue weighted by atomic mass is 9.81. The van der Waals surface area contributed by atoms with Gasteiger partial charge in [-0.3, -0.25) is 10.1 Å². The molecule has 0 amide bonds. The van der Waals surface area contributed by atoms with Gasteiger partial charge in [0.05, 0.1) is 31.3 Å². The van der Waals surface area contributed by atoms with Gasteiger partial charge in [0.1, 0.15) is 0 Å². The number of rotatable bonds is 5. The third-order valence-corrected chi connectivity index (χ3v) is 4.05. The normalized spacial score (nSPS) is 20.0. The molecule has 0 fully saturated rings. The van der Waals surface area contributed by atoms with Gasteiger partial charge in [-0.05, 0) is 40.0 Å². The van der Waals surface area contributed by atoms with Crippen LogP contribution in [0.2, 0.25) is 0 Å². The van der Waals surface area contributed by atoms with Crippen molar-refractivity contribution in [1.82, 2.24) is 0 Å². The van der Waals surface area contributed by atoms with E-state index in [4.69, 9.17) is 14.6 Å². The number of hydrogen-bond acceptors (Lipinski definition) is 6. The van der Waals surface area contributed by atoms with E-state index in [1.165, 1.54) is 14.2 Å². The summed E-state index contributed by atoms with van der Waals surface area (Å²) in [6.07, 6.45) is 2.64. The van der Waals surface area contributed by atoms with Crippen LogP contribution in [0.5, 0.6) is 0 Å². The summed E-state index contributed by atoms with van der Waals surface area (Å²) in [7, 11) is 4.24. The van der Waals surface area contributed by atoms with Gasteiger partial charge < -0.3 is 14.5 Å². The summed E-state index contributed by atoms with van der Waals surface area (Å²) in [6, 6.07) is 0. The summed E-state index contributed by atoms with van der Waals surface area (Å²) in [6.45, 7) is 13.1. The molecule has 0 saturated heterocycles. The maximum Gasteiger partial charge on any atom is 0.326 e. The molecule has 6 nitrogen and oxygen atoms in total. The first-order valence-electron chi connectivity index (χ1n) is 8.19. The number of aliphatic hydroxyl groups is 1. The van der Waals surface area contributed by atoms with Crippen LogP contribution in [0.4, 0.5) is 0 Å². The van der Waals surface area contributed by atoms with Crippen molar-refractivity contribution in [2.75, 3.05) is 14.2 Å². The standard InChI is InChI=1S/C14H24BO4.C2H6.CH4O2/c1-9-7-10(8-11(9)12(16)18-6)15-19-14(4,5)13(2,3)17;1-2;1-3-2/h7,9,11,17H,8H2,1-6H3;1-2H3;2H,1H3/t9-,11-;;/m1../s1. The zero-order chi connectivity index (χ0) is 19.6. The Hall–Kier alpha value is -0.885. The van der Waals surface area contributed by atoms with Crippen LogP contribution in [0.1, 0.15) is 54.9 Å². The van der Waals surface area contributed by atoms with E-state index in [0.29, 0.717) is 6.42 Å². The van der Waals surface area contributed by atoms with Crippen molar-refractivity contribution in [1.29, 1.82) is 0 Å².